The van der Waals surface area contributed by atoms with Crippen LogP contribution in [0.5, 0.6) is 0 Å². The Bertz CT molecular complexity index is 408. The molecule has 1 atom stereocenters. The summed E-state index contributed by atoms with van der Waals surface area (Å²) in [5, 5.41) is 1.12. The third kappa shape index (κ3) is 1.42. The van der Waals surface area contributed by atoms with Gasteiger partial charge in [0.1, 0.15) is 6.67 Å². The van der Waals surface area contributed by atoms with Crippen molar-refractivity contribution >= 4 is 10.9 Å². The van der Waals surface area contributed by atoms with Gasteiger partial charge in [0.15, 0.2) is 0 Å². The molecule has 0 saturated heterocycles. The third-order valence-corrected chi connectivity index (χ3v) is 2.17. The lowest BCUT2D eigenvalue weighted by Crippen LogP contribution is -2.11. The predicted molar refractivity (Wildman–Crippen MR) is 51.2 cm³/mol. The quantitative estimate of drug-likeness (QED) is 0.726. The van der Waals surface area contributed by atoms with E-state index in [0.29, 0.717) is 0 Å². The highest BCUT2D eigenvalue weighted by Crippen LogP contribution is 2.18. The smallest absolute Gasteiger partial charge is 0.109 e. The van der Waals surface area contributed by atoms with Gasteiger partial charge < -0.3 is 10.7 Å². The normalized spacial score (nSPS) is 13.4. The van der Waals surface area contributed by atoms with Crippen LogP contribution in [-0.4, -0.2) is 11.7 Å². The van der Waals surface area contributed by atoms with Gasteiger partial charge in [0.25, 0.3) is 0 Å². The third-order valence-electron chi connectivity index (χ3n) is 2.17. The first-order valence-electron chi connectivity index (χ1n) is 4.20. The number of fused-ring (bicyclic) bond motifs is 1. The molecule has 0 fully saturated rings. The molecule has 0 saturated carbocycles. The number of alkyl halides is 1. The fourth-order valence-corrected chi connectivity index (χ4v) is 1.39. The van der Waals surface area contributed by atoms with Crippen LogP contribution in [0.3, 0.4) is 0 Å². The number of aromatic nitrogens is 1. The van der Waals surface area contributed by atoms with Gasteiger partial charge in [-0.3, -0.25) is 0 Å². The van der Waals surface area contributed by atoms with Crippen LogP contribution < -0.4 is 5.73 Å². The van der Waals surface area contributed by atoms with Crippen molar-refractivity contribution < 1.29 is 4.39 Å². The zero-order valence-electron chi connectivity index (χ0n) is 7.13. The molecule has 0 bridgehead atoms. The maximum Gasteiger partial charge on any atom is 0.109 e. The van der Waals surface area contributed by atoms with Crippen molar-refractivity contribution in [2.45, 2.75) is 6.04 Å². The maximum absolute atomic E-state index is 12.3. The lowest BCUT2D eigenvalue weighted by atomic mass is 10.1. The minimum atomic E-state index is -0.522. The number of H-pyrrole nitrogens is 1. The first-order valence-corrected chi connectivity index (χ1v) is 4.20. The Kier molecular flexibility index (Phi) is 2.02. The van der Waals surface area contributed by atoms with E-state index in [1.54, 1.807) is 0 Å². The Hall–Kier alpha value is -1.35. The van der Waals surface area contributed by atoms with E-state index in [-0.39, 0.29) is 0 Å². The molecule has 2 rings (SSSR count). The van der Waals surface area contributed by atoms with Crippen LogP contribution in [0.15, 0.2) is 30.5 Å². The number of hydrogen-bond acceptors (Lipinski definition) is 1. The zero-order valence-corrected chi connectivity index (χ0v) is 7.13. The molecule has 1 aromatic heterocycles. The molecule has 3 N–H and O–H groups in total. The van der Waals surface area contributed by atoms with Crippen LogP contribution >= 0.6 is 0 Å². The van der Waals surface area contributed by atoms with Gasteiger partial charge in [0, 0.05) is 11.7 Å². The molecule has 2 aromatic rings. The monoisotopic (exact) mass is 178 g/mol. The van der Waals surface area contributed by atoms with Crippen LogP contribution in [-0.2, 0) is 0 Å². The van der Waals surface area contributed by atoms with Crippen molar-refractivity contribution in [1.29, 1.82) is 0 Å². The topological polar surface area (TPSA) is 41.8 Å². The predicted octanol–water partition coefficient (Wildman–Crippen LogP) is 2.14. The first-order chi connectivity index (χ1) is 6.31. The number of aromatic amines is 1. The van der Waals surface area contributed by atoms with Crippen LogP contribution in [0.2, 0.25) is 0 Å². The van der Waals surface area contributed by atoms with Crippen LogP contribution in [0.1, 0.15) is 11.6 Å². The van der Waals surface area contributed by atoms with Gasteiger partial charge in [-0.05, 0) is 23.1 Å². The molecular formula is C10H11FN2. The van der Waals surface area contributed by atoms with Gasteiger partial charge in [-0.2, -0.15) is 0 Å². The van der Waals surface area contributed by atoms with Crippen LogP contribution in [0.4, 0.5) is 4.39 Å². The summed E-state index contributed by atoms with van der Waals surface area (Å²) in [5.74, 6) is 0. The Morgan fingerprint density at radius 2 is 2.23 bits per heavy atom. The molecule has 13 heavy (non-hydrogen) atoms. The van der Waals surface area contributed by atoms with Crippen LogP contribution in [0, 0.1) is 0 Å². The fraction of sp³-hybridized carbons (Fsp3) is 0.200. The summed E-state index contributed by atoms with van der Waals surface area (Å²) in [4.78, 5) is 3.06. The molecule has 0 radical (unpaired) electrons. The number of nitrogens with one attached hydrogen (secondary N) is 1. The number of halogens is 1. The van der Waals surface area contributed by atoms with Crippen molar-refractivity contribution in [3.05, 3.63) is 36.0 Å². The standard InChI is InChI=1S/C10H11FN2/c11-6-9(12)8-2-1-7-3-4-13-10(7)5-8/h1-5,9,13H,6,12H2/t9-/m0/s1. The van der Waals surface area contributed by atoms with Crippen molar-refractivity contribution in [2.75, 3.05) is 6.67 Å². The second kappa shape index (κ2) is 3.18. The minimum Gasteiger partial charge on any atom is -0.361 e. The van der Waals surface area contributed by atoms with Crippen molar-refractivity contribution in [3.8, 4) is 0 Å². The number of rotatable bonds is 2. The lowest BCUT2D eigenvalue weighted by Gasteiger charge is -2.06. The van der Waals surface area contributed by atoms with E-state index in [2.05, 4.69) is 4.98 Å². The van der Waals surface area contributed by atoms with Crippen molar-refractivity contribution in [1.82, 2.24) is 4.98 Å². The highest BCUT2D eigenvalue weighted by atomic mass is 19.1. The molecule has 1 aromatic carbocycles. The van der Waals surface area contributed by atoms with Gasteiger partial charge in [-0.1, -0.05) is 12.1 Å². The average molecular weight is 178 g/mol. The molecule has 2 nitrogen and oxygen atoms in total. The SMILES string of the molecule is N[C@@H](CF)c1ccc2cc[nH]c2c1. The molecule has 0 spiro atoms. The summed E-state index contributed by atoms with van der Waals surface area (Å²) in [6, 6.07) is 7.16. The molecule has 3 heteroatoms. The molecule has 0 unspecified atom stereocenters. The van der Waals surface area contributed by atoms with E-state index in [4.69, 9.17) is 5.73 Å². The molecule has 68 valence electrons. The second-order valence-electron chi connectivity index (χ2n) is 3.09. The highest BCUT2D eigenvalue weighted by Gasteiger charge is 2.05. The molecule has 0 aliphatic rings. The molecule has 1 heterocycles. The van der Waals surface area contributed by atoms with E-state index in [1.165, 1.54) is 0 Å². The van der Waals surface area contributed by atoms with E-state index in [9.17, 15) is 4.39 Å². The van der Waals surface area contributed by atoms with Gasteiger partial charge in [0.2, 0.25) is 0 Å². The van der Waals surface area contributed by atoms with E-state index in [0.717, 1.165) is 16.5 Å². The summed E-state index contributed by atoms with van der Waals surface area (Å²) in [6.45, 7) is -0.522. The zero-order chi connectivity index (χ0) is 9.26. The fourth-order valence-electron chi connectivity index (χ4n) is 1.39. The summed E-state index contributed by atoms with van der Waals surface area (Å²) in [5.41, 5.74) is 7.40. The number of hydrogen-bond donors (Lipinski definition) is 2. The highest BCUT2D eigenvalue weighted by molar-refractivity contribution is 5.79. The number of benzene rings is 1. The van der Waals surface area contributed by atoms with E-state index >= 15 is 0 Å². The van der Waals surface area contributed by atoms with E-state index in [1.807, 2.05) is 30.5 Å². The molecule has 0 aliphatic heterocycles. The Morgan fingerprint density at radius 3 is 3.00 bits per heavy atom. The summed E-state index contributed by atoms with van der Waals surface area (Å²) < 4.78 is 12.3. The minimum absolute atomic E-state index is 0.507. The number of nitrogens with two attached hydrogens (primary N) is 1. The summed E-state index contributed by atoms with van der Waals surface area (Å²) in [7, 11) is 0. The molecule has 0 amide bonds. The van der Waals surface area contributed by atoms with Crippen LogP contribution in [0.25, 0.3) is 10.9 Å². The van der Waals surface area contributed by atoms with Gasteiger partial charge in [-0.25, -0.2) is 4.39 Å². The Labute approximate surface area is 75.6 Å². The lowest BCUT2D eigenvalue weighted by molar-refractivity contribution is 0.437. The maximum atomic E-state index is 12.3. The van der Waals surface area contributed by atoms with E-state index < -0.39 is 12.7 Å². The summed E-state index contributed by atoms with van der Waals surface area (Å²) in [6.07, 6.45) is 1.86. The van der Waals surface area contributed by atoms with Crippen molar-refractivity contribution in [3.63, 3.8) is 0 Å². The molecular weight excluding hydrogens is 167 g/mol. The van der Waals surface area contributed by atoms with Gasteiger partial charge in [-0.15, -0.1) is 0 Å². The van der Waals surface area contributed by atoms with Gasteiger partial charge in [0.05, 0.1) is 6.04 Å². The van der Waals surface area contributed by atoms with Gasteiger partial charge >= 0.3 is 0 Å². The van der Waals surface area contributed by atoms with Crippen molar-refractivity contribution in [2.24, 2.45) is 5.73 Å². The Balaban J connectivity index is 2.48. The Morgan fingerprint density at radius 1 is 1.38 bits per heavy atom. The largest absolute Gasteiger partial charge is 0.361 e. The molecule has 0 aliphatic carbocycles. The first kappa shape index (κ1) is 8.26. The summed E-state index contributed by atoms with van der Waals surface area (Å²) >= 11 is 0. The second-order valence-corrected chi connectivity index (χ2v) is 3.09. The average Bonchev–Trinajstić information content (AvgIpc) is 2.63.